The van der Waals surface area contributed by atoms with Gasteiger partial charge in [0.05, 0.1) is 12.7 Å². The minimum absolute atomic E-state index is 0.0284. The summed E-state index contributed by atoms with van der Waals surface area (Å²) in [5.41, 5.74) is 1.37. The second-order valence-corrected chi connectivity index (χ2v) is 2.57. The molecule has 1 rings (SSSR count). The lowest BCUT2D eigenvalue weighted by atomic mass is 10.2. The molecule has 0 bridgehead atoms. The Hall–Kier alpha value is -1.38. The number of pyridine rings is 1. The van der Waals surface area contributed by atoms with Crippen LogP contribution in [0.15, 0.2) is 12.1 Å². The van der Waals surface area contributed by atoms with Crippen LogP contribution in [-0.4, -0.2) is 17.9 Å². The van der Waals surface area contributed by atoms with Gasteiger partial charge in [-0.15, -0.1) is 0 Å². The molecule has 0 aromatic carbocycles. The minimum atomic E-state index is -0.0284. The van der Waals surface area contributed by atoms with E-state index in [4.69, 9.17) is 4.74 Å². The Kier molecular flexibility index (Phi) is 2.43. The number of ketones is 1. The summed E-state index contributed by atoms with van der Waals surface area (Å²) in [4.78, 5) is 15.1. The van der Waals surface area contributed by atoms with Gasteiger partial charge in [-0.3, -0.25) is 4.79 Å². The number of aromatic nitrogens is 1. The smallest absolute Gasteiger partial charge is 0.224 e. The van der Waals surface area contributed by atoms with Gasteiger partial charge in [-0.05, 0) is 26.0 Å². The van der Waals surface area contributed by atoms with E-state index >= 15 is 0 Å². The van der Waals surface area contributed by atoms with Crippen LogP contribution in [0.5, 0.6) is 5.88 Å². The van der Waals surface area contributed by atoms with E-state index in [0.29, 0.717) is 11.4 Å². The summed E-state index contributed by atoms with van der Waals surface area (Å²) in [5, 5.41) is 0. The van der Waals surface area contributed by atoms with E-state index in [0.717, 1.165) is 5.69 Å². The first-order valence-corrected chi connectivity index (χ1v) is 3.67. The van der Waals surface area contributed by atoms with E-state index in [1.807, 2.05) is 6.92 Å². The Morgan fingerprint density at radius 3 is 2.67 bits per heavy atom. The number of carbonyl (C=O) groups excluding carboxylic acids is 1. The molecular weight excluding hydrogens is 154 g/mol. The van der Waals surface area contributed by atoms with Crippen LogP contribution < -0.4 is 4.74 Å². The van der Waals surface area contributed by atoms with E-state index < -0.39 is 0 Å². The number of methoxy groups -OCH3 is 1. The molecular formula is C9H11NO2. The maximum atomic E-state index is 11.0. The molecule has 0 saturated carbocycles. The fourth-order valence-electron chi connectivity index (χ4n) is 0.956. The number of hydrogen-bond donors (Lipinski definition) is 0. The fourth-order valence-corrected chi connectivity index (χ4v) is 0.956. The number of hydrogen-bond acceptors (Lipinski definition) is 3. The fraction of sp³-hybridized carbons (Fsp3) is 0.333. The Morgan fingerprint density at radius 2 is 2.17 bits per heavy atom. The van der Waals surface area contributed by atoms with Gasteiger partial charge in [-0.25, -0.2) is 4.98 Å². The molecule has 3 heteroatoms. The zero-order valence-corrected chi connectivity index (χ0v) is 7.42. The second-order valence-electron chi connectivity index (χ2n) is 2.57. The van der Waals surface area contributed by atoms with Gasteiger partial charge >= 0.3 is 0 Å². The quantitative estimate of drug-likeness (QED) is 0.625. The molecule has 0 saturated heterocycles. The molecule has 0 radical (unpaired) electrons. The maximum Gasteiger partial charge on any atom is 0.224 e. The van der Waals surface area contributed by atoms with Crippen LogP contribution in [-0.2, 0) is 0 Å². The predicted molar refractivity (Wildman–Crippen MR) is 45.5 cm³/mol. The summed E-state index contributed by atoms with van der Waals surface area (Å²) in [6.07, 6.45) is 0. The van der Waals surface area contributed by atoms with Crippen molar-refractivity contribution in [2.24, 2.45) is 0 Å². The van der Waals surface area contributed by atoms with Crippen LogP contribution in [0.25, 0.3) is 0 Å². The predicted octanol–water partition coefficient (Wildman–Crippen LogP) is 1.60. The highest BCUT2D eigenvalue weighted by molar-refractivity contribution is 5.96. The highest BCUT2D eigenvalue weighted by Gasteiger charge is 2.08. The number of Topliss-reactive ketones (excluding diaryl/α,β-unsaturated/α-hetero) is 1. The van der Waals surface area contributed by atoms with E-state index in [9.17, 15) is 4.79 Å². The first-order valence-electron chi connectivity index (χ1n) is 3.67. The molecule has 0 amide bonds. The van der Waals surface area contributed by atoms with Crippen LogP contribution in [0.3, 0.4) is 0 Å². The number of aryl methyl sites for hydroxylation is 1. The van der Waals surface area contributed by atoms with Gasteiger partial charge in [-0.2, -0.15) is 0 Å². The molecule has 12 heavy (non-hydrogen) atoms. The molecule has 1 aromatic heterocycles. The van der Waals surface area contributed by atoms with Gasteiger partial charge in [0, 0.05) is 5.69 Å². The second kappa shape index (κ2) is 3.34. The standard InChI is InChI=1S/C9H11NO2/c1-6-4-5-8(7(2)11)9(10-6)12-3/h4-5H,1-3H3. The summed E-state index contributed by atoms with van der Waals surface area (Å²) >= 11 is 0. The van der Waals surface area contributed by atoms with Crippen molar-refractivity contribution in [3.63, 3.8) is 0 Å². The monoisotopic (exact) mass is 165 g/mol. The largest absolute Gasteiger partial charge is 0.480 e. The van der Waals surface area contributed by atoms with Crippen molar-refractivity contribution in [2.45, 2.75) is 13.8 Å². The van der Waals surface area contributed by atoms with E-state index in [2.05, 4.69) is 4.98 Å². The summed E-state index contributed by atoms with van der Waals surface area (Å²) in [7, 11) is 1.51. The van der Waals surface area contributed by atoms with Gasteiger partial charge in [0.15, 0.2) is 5.78 Å². The molecule has 0 aliphatic heterocycles. The van der Waals surface area contributed by atoms with Crippen LogP contribution in [0.1, 0.15) is 23.0 Å². The number of ether oxygens (including phenoxy) is 1. The topological polar surface area (TPSA) is 39.2 Å². The highest BCUT2D eigenvalue weighted by atomic mass is 16.5. The molecule has 0 spiro atoms. The zero-order chi connectivity index (χ0) is 9.14. The van der Waals surface area contributed by atoms with Crippen molar-refractivity contribution in [1.82, 2.24) is 4.98 Å². The lowest BCUT2D eigenvalue weighted by Crippen LogP contribution is -2.00. The summed E-state index contributed by atoms with van der Waals surface area (Å²) in [5.74, 6) is 0.377. The lowest BCUT2D eigenvalue weighted by Gasteiger charge is -2.04. The van der Waals surface area contributed by atoms with Crippen LogP contribution in [0.2, 0.25) is 0 Å². The maximum absolute atomic E-state index is 11.0. The number of carbonyl (C=O) groups is 1. The van der Waals surface area contributed by atoms with Crippen LogP contribution >= 0.6 is 0 Å². The molecule has 0 fully saturated rings. The first kappa shape index (κ1) is 8.71. The highest BCUT2D eigenvalue weighted by Crippen LogP contribution is 2.15. The molecule has 0 unspecified atom stereocenters. The van der Waals surface area contributed by atoms with Crippen molar-refractivity contribution < 1.29 is 9.53 Å². The SMILES string of the molecule is COc1nc(C)ccc1C(C)=O. The third-order valence-corrected chi connectivity index (χ3v) is 1.57. The Morgan fingerprint density at radius 1 is 1.50 bits per heavy atom. The first-order chi connectivity index (χ1) is 5.65. The third-order valence-electron chi connectivity index (χ3n) is 1.57. The van der Waals surface area contributed by atoms with E-state index in [1.165, 1.54) is 14.0 Å². The lowest BCUT2D eigenvalue weighted by molar-refractivity contribution is 0.101. The van der Waals surface area contributed by atoms with Crippen LogP contribution in [0.4, 0.5) is 0 Å². The van der Waals surface area contributed by atoms with Gasteiger partial charge in [0.1, 0.15) is 0 Å². The molecule has 0 aliphatic carbocycles. The average molecular weight is 165 g/mol. The minimum Gasteiger partial charge on any atom is -0.480 e. The van der Waals surface area contributed by atoms with Crippen molar-refractivity contribution in [3.05, 3.63) is 23.4 Å². The molecule has 0 N–H and O–H groups in total. The van der Waals surface area contributed by atoms with E-state index in [1.54, 1.807) is 12.1 Å². The Balaban J connectivity index is 3.20. The van der Waals surface area contributed by atoms with Crippen molar-refractivity contribution in [1.29, 1.82) is 0 Å². The van der Waals surface area contributed by atoms with Gasteiger partial charge < -0.3 is 4.74 Å². The Bertz CT molecular complexity index is 307. The summed E-state index contributed by atoms with van der Waals surface area (Å²) < 4.78 is 4.96. The average Bonchev–Trinajstić information content (AvgIpc) is 2.03. The van der Waals surface area contributed by atoms with Crippen molar-refractivity contribution in [3.8, 4) is 5.88 Å². The van der Waals surface area contributed by atoms with Gasteiger partial charge in [0.2, 0.25) is 5.88 Å². The zero-order valence-electron chi connectivity index (χ0n) is 7.42. The number of rotatable bonds is 2. The van der Waals surface area contributed by atoms with Gasteiger partial charge in [-0.1, -0.05) is 0 Å². The molecule has 3 nitrogen and oxygen atoms in total. The van der Waals surface area contributed by atoms with E-state index in [-0.39, 0.29) is 5.78 Å². The molecule has 64 valence electrons. The molecule has 1 heterocycles. The summed E-state index contributed by atoms with van der Waals surface area (Å²) in [6, 6.07) is 3.52. The van der Waals surface area contributed by atoms with Gasteiger partial charge in [0.25, 0.3) is 0 Å². The molecule has 0 aliphatic rings. The summed E-state index contributed by atoms with van der Waals surface area (Å²) in [6.45, 7) is 3.35. The van der Waals surface area contributed by atoms with Crippen molar-refractivity contribution >= 4 is 5.78 Å². The molecule has 1 aromatic rings. The molecule has 0 atom stereocenters. The normalized spacial score (nSPS) is 9.58. The number of nitrogens with zero attached hydrogens (tertiary/aromatic N) is 1. The van der Waals surface area contributed by atoms with Crippen LogP contribution in [0, 0.1) is 6.92 Å². The Labute approximate surface area is 71.4 Å². The third kappa shape index (κ3) is 1.61. The van der Waals surface area contributed by atoms with Crippen molar-refractivity contribution in [2.75, 3.05) is 7.11 Å².